The summed E-state index contributed by atoms with van der Waals surface area (Å²) in [7, 11) is 3.32. The van der Waals surface area contributed by atoms with E-state index in [1.165, 1.54) is 5.56 Å². The first kappa shape index (κ1) is 16.5. The highest BCUT2D eigenvalue weighted by atomic mass is 16.5. The zero-order valence-electron chi connectivity index (χ0n) is 14.3. The van der Waals surface area contributed by atoms with E-state index >= 15 is 0 Å². The van der Waals surface area contributed by atoms with Gasteiger partial charge in [0.15, 0.2) is 0 Å². The molecule has 1 fully saturated rings. The maximum absolute atomic E-state index is 5.20. The Kier molecular flexibility index (Phi) is 5.48. The molecule has 1 aromatic heterocycles. The number of piperazine rings is 1. The summed E-state index contributed by atoms with van der Waals surface area (Å²) >= 11 is 0. The summed E-state index contributed by atoms with van der Waals surface area (Å²) in [5.74, 6) is 2.27. The smallest absolute Gasteiger partial charge is 0.228 e. The number of nitrogens with zero attached hydrogens (tertiary/aromatic N) is 4. The van der Waals surface area contributed by atoms with E-state index in [0.717, 1.165) is 50.8 Å². The normalized spacial score (nSPS) is 15.3. The zero-order valence-corrected chi connectivity index (χ0v) is 14.3. The van der Waals surface area contributed by atoms with Crippen molar-refractivity contribution in [1.82, 2.24) is 14.9 Å². The van der Waals surface area contributed by atoms with Crippen LogP contribution < -0.4 is 14.4 Å². The molecule has 6 heteroatoms. The number of aromatic nitrogens is 2. The predicted octanol–water partition coefficient (Wildman–Crippen LogP) is 1.86. The van der Waals surface area contributed by atoms with Gasteiger partial charge in [0, 0.05) is 45.0 Å². The summed E-state index contributed by atoms with van der Waals surface area (Å²) in [6.07, 6.45) is 2.80. The fourth-order valence-electron chi connectivity index (χ4n) is 2.85. The summed E-state index contributed by atoms with van der Waals surface area (Å²) in [5.41, 5.74) is 1.34. The van der Waals surface area contributed by atoms with Crippen LogP contribution in [-0.4, -0.2) is 61.8 Å². The molecule has 0 unspecified atom stereocenters. The van der Waals surface area contributed by atoms with Gasteiger partial charge in [-0.3, -0.25) is 4.90 Å². The van der Waals surface area contributed by atoms with E-state index in [2.05, 4.69) is 31.9 Å². The molecule has 1 saturated heterocycles. The van der Waals surface area contributed by atoms with Crippen molar-refractivity contribution in [2.45, 2.75) is 6.42 Å². The van der Waals surface area contributed by atoms with Crippen LogP contribution in [0.1, 0.15) is 5.56 Å². The molecule has 0 amide bonds. The minimum atomic E-state index is 0.613. The van der Waals surface area contributed by atoms with Crippen LogP contribution in [0.5, 0.6) is 11.6 Å². The molecular formula is C18H24N4O2. The van der Waals surface area contributed by atoms with Crippen molar-refractivity contribution in [2.75, 3.05) is 51.8 Å². The average molecular weight is 328 g/mol. The Balaban J connectivity index is 1.47. The first-order valence-electron chi connectivity index (χ1n) is 8.26. The Labute approximate surface area is 143 Å². The molecule has 2 heterocycles. The molecular weight excluding hydrogens is 304 g/mol. The number of hydrogen-bond acceptors (Lipinski definition) is 6. The van der Waals surface area contributed by atoms with Gasteiger partial charge in [-0.05, 0) is 24.1 Å². The number of anilines is 1. The summed E-state index contributed by atoms with van der Waals surface area (Å²) in [5, 5.41) is 0. The van der Waals surface area contributed by atoms with E-state index in [1.807, 2.05) is 12.1 Å². The number of rotatable bonds is 6. The van der Waals surface area contributed by atoms with Crippen molar-refractivity contribution >= 4 is 5.95 Å². The molecule has 0 spiro atoms. The first-order valence-corrected chi connectivity index (χ1v) is 8.26. The molecule has 128 valence electrons. The molecule has 0 N–H and O–H groups in total. The topological polar surface area (TPSA) is 50.7 Å². The van der Waals surface area contributed by atoms with Crippen molar-refractivity contribution in [3.63, 3.8) is 0 Å². The summed E-state index contributed by atoms with van der Waals surface area (Å²) in [6, 6.07) is 10.1. The third-order valence-corrected chi connectivity index (χ3v) is 4.36. The van der Waals surface area contributed by atoms with Crippen LogP contribution in [0, 0.1) is 0 Å². The molecule has 1 aliphatic rings. The highest BCUT2D eigenvalue weighted by Crippen LogP contribution is 2.15. The van der Waals surface area contributed by atoms with E-state index in [0.29, 0.717) is 5.88 Å². The third-order valence-electron chi connectivity index (χ3n) is 4.36. The number of benzene rings is 1. The lowest BCUT2D eigenvalue weighted by Crippen LogP contribution is -2.47. The largest absolute Gasteiger partial charge is 0.497 e. The third kappa shape index (κ3) is 4.14. The summed E-state index contributed by atoms with van der Waals surface area (Å²) in [4.78, 5) is 13.5. The lowest BCUT2D eigenvalue weighted by atomic mass is 10.1. The lowest BCUT2D eigenvalue weighted by Gasteiger charge is -2.34. The van der Waals surface area contributed by atoms with Gasteiger partial charge in [0.05, 0.1) is 14.2 Å². The SMILES string of the molecule is COc1ccc(CCN2CCN(c3nccc(OC)n3)CC2)cc1. The van der Waals surface area contributed by atoms with Gasteiger partial charge < -0.3 is 14.4 Å². The van der Waals surface area contributed by atoms with Gasteiger partial charge in [0.2, 0.25) is 11.8 Å². The molecule has 6 nitrogen and oxygen atoms in total. The van der Waals surface area contributed by atoms with Gasteiger partial charge >= 0.3 is 0 Å². The van der Waals surface area contributed by atoms with Gasteiger partial charge in [0.1, 0.15) is 5.75 Å². The van der Waals surface area contributed by atoms with Crippen LogP contribution in [0.2, 0.25) is 0 Å². The lowest BCUT2D eigenvalue weighted by molar-refractivity contribution is 0.259. The Bertz CT molecular complexity index is 640. The minimum absolute atomic E-state index is 0.613. The molecule has 2 aromatic rings. The van der Waals surface area contributed by atoms with Crippen molar-refractivity contribution < 1.29 is 9.47 Å². The molecule has 0 radical (unpaired) electrons. The van der Waals surface area contributed by atoms with E-state index in [1.54, 1.807) is 26.5 Å². The molecule has 3 rings (SSSR count). The molecule has 24 heavy (non-hydrogen) atoms. The second-order valence-electron chi connectivity index (χ2n) is 5.83. The minimum Gasteiger partial charge on any atom is -0.497 e. The van der Waals surface area contributed by atoms with Crippen molar-refractivity contribution in [3.8, 4) is 11.6 Å². The van der Waals surface area contributed by atoms with Crippen LogP contribution in [0.25, 0.3) is 0 Å². The maximum Gasteiger partial charge on any atom is 0.228 e. The standard InChI is InChI=1S/C18H24N4O2/c1-23-16-5-3-15(4-6-16)8-10-21-11-13-22(14-12-21)18-19-9-7-17(20-18)24-2/h3-7,9H,8,10-14H2,1-2H3. The monoisotopic (exact) mass is 328 g/mol. The van der Waals surface area contributed by atoms with E-state index in [4.69, 9.17) is 9.47 Å². The second-order valence-corrected chi connectivity index (χ2v) is 5.83. The number of methoxy groups -OCH3 is 2. The van der Waals surface area contributed by atoms with Crippen LogP contribution >= 0.6 is 0 Å². The van der Waals surface area contributed by atoms with Crippen molar-refractivity contribution in [1.29, 1.82) is 0 Å². The Morgan fingerprint density at radius 2 is 1.71 bits per heavy atom. The fraction of sp³-hybridized carbons (Fsp3) is 0.444. The van der Waals surface area contributed by atoms with Gasteiger partial charge in [-0.25, -0.2) is 4.98 Å². The molecule has 1 aromatic carbocycles. The van der Waals surface area contributed by atoms with Crippen LogP contribution in [0.15, 0.2) is 36.5 Å². The quantitative estimate of drug-likeness (QED) is 0.807. The Morgan fingerprint density at radius 3 is 2.38 bits per heavy atom. The zero-order chi connectivity index (χ0) is 16.8. The Hall–Kier alpha value is -2.34. The average Bonchev–Trinajstić information content (AvgIpc) is 2.67. The van der Waals surface area contributed by atoms with Gasteiger partial charge in [-0.15, -0.1) is 0 Å². The van der Waals surface area contributed by atoms with Crippen LogP contribution in [-0.2, 0) is 6.42 Å². The van der Waals surface area contributed by atoms with Crippen LogP contribution in [0.4, 0.5) is 5.95 Å². The van der Waals surface area contributed by atoms with Crippen molar-refractivity contribution in [3.05, 3.63) is 42.1 Å². The molecule has 0 aliphatic carbocycles. The number of hydrogen-bond donors (Lipinski definition) is 0. The second kappa shape index (κ2) is 7.97. The van der Waals surface area contributed by atoms with Gasteiger partial charge in [-0.2, -0.15) is 4.98 Å². The Morgan fingerprint density at radius 1 is 0.958 bits per heavy atom. The molecule has 0 atom stereocenters. The fourth-order valence-corrected chi connectivity index (χ4v) is 2.85. The van der Waals surface area contributed by atoms with E-state index in [-0.39, 0.29) is 0 Å². The van der Waals surface area contributed by atoms with Gasteiger partial charge in [-0.1, -0.05) is 12.1 Å². The van der Waals surface area contributed by atoms with Crippen molar-refractivity contribution in [2.24, 2.45) is 0 Å². The summed E-state index contributed by atoms with van der Waals surface area (Å²) < 4.78 is 10.4. The van der Waals surface area contributed by atoms with Crippen LogP contribution in [0.3, 0.4) is 0 Å². The summed E-state index contributed by atoms with van der Waals surface area (Å²) in [6.45, 7) is 5.00. The molecule has 0 saturated carbocycles. The van der Waals surface area contributed by atoms with E-state index < -0.39 is 0 Å². The maximum atomic E-state index is 5.20. The highest BCUT2D eigenvalue weighted by molar-refractivity contribution is 5.32. The molecule has 1 aliphatic heterocycles. The highest BCUT2D eigenvalue weighted by Gasteiger charge is 2.19. The predicted molar refractivity (Wildman–Crippen MR) is 93.9 cm³/mol. The number of ether oxygens (including phenoxy) is 2. The van der Waals surface area contributed by atoms with E-state index in [9.17, 15) is 0 Å². The molecule has 0 bridgehead atoms. The first-order chi connectivity index (χ1) is 11.8. The van der Waals surface area contributed by atoms with Gasteiger partial charge in [0.25, 0.3) is 0 Å².